The van der Waals surface area contributed by atoms with Crippen LogP contribution in [0.5, 0.6) is 0 Å². The van der Waals surface area contributed by atoms with Crippen molar-refractivity contribution >= 4 is 5.69 Å². The molecule has 1 fully saturated rings. The van der Waals surface area contributed by atoms with Crippen LogP contribution in [0.4, 0.5) is 5.69 Å². The summed E-state index contributed by atoms with van der Waals surface area (Å²) in [7, 11) is 0. The number of aryl methyl sites for hydroxylation is 2. The summed E-state index contributed by atoms with van der Waals surface area (Å²) in [6.07, 6.45) is 4.37. The number of nitrogens with zero attached hydrogens (tertiary/aromatic N) is 4. The van der Waals surface area contributed by atoms with Crippen molar-refractivity contribution in [2.45, 2.75) is 58.9 Å². The Balaban J connectivity index is 1.82. The SMILES string of the molecule is Cc1ccccc1NC1(c2nnnn2-c2cccc(C)c2C)CCC(C)CC1. The van der Waals surface area contributed by atoms with E-state index in [-0.39, 0.29) is 5.54 Å². The van der Waals surface area contributed by atoms with Gasteiger partial charge in [-0.3, -0.25) is 0 Å². The van der Waals surface area contributed by atoms with Crippen molar-refractivity contribution in [3.8, 4) is 5.69 Å². The molecule has 0 unspecified atom stereocenters. The summed E-state index contributed by atoms with van der Waals surface area (Å²) in [5, 5.41) is 16.9. The Morgan fingerprint density at radius 2 is 1.68 bits per heavy atom. The van der Waals surface area contributed by atoms with Crippen molar-refractivity contribution in [1.82, 2.24) is 20.2 Å². The second-order valence-corrected chi connectivity index (χ2v) is 8.34. The molecule has 1 aromatic heterocycles. The summed E-state index contributed by atoms with van der Waals surface area (Å²) in [6.45, 7) is 8.76. The molecule has 2 aromatic carbocycles. The smallest absolute Gasteiger partial charge is 0.181 e. The zero-order valence-electron chi connectivity index (χ0n) is 17.2. The van der Waals surface area contributed by atoms with E-state index in [1.54, 1.807) is 0 Å². The molecule has 1 saturated carbocycles. The second kappa shape index (κ2) is 7.38. The molecule has 0 aliphatic heterocycles. The summed E-state index contributed by atoms with van der Waals surface area (Å²) >= 11 is 0. The van der Waals surface area contributed by atoms with Gasteiger partial charge in [0.2, 0.25) is 0 Å². The third-order valence-corrected chi connectivity index (χ3v) is 6.35. The van der Waals surface area contributed by atoms with Gasteiger partial charge in [-0.25, -0.2) is 0 Å². The van der Waals surface area contributed by atoms with Gasteiger partial charge in [-0.05, 0) is 91.6 Å². The second-order valence-electron chi connectivity index (χ2n) is 8.34. The van der Waals surface area contributed by atoms with Gasteiger partial charge < -0.3 is 5.32 Å². The first-order chi connectivity index (χ1) is 13.5. The third-order valence-electron chi connectivity index (χ3n) is 6.35. The lowest BCUT2D eigenvalue weighted by Crippen LogP contribution is -2.41. The van der Waals surface area contributed by atoms with Crippen molar-refractivity contribution in [3.05, 3.63) is 65.0 Å². The predicted molar refractivity (Wildman–Crippen MR) is 113 cm³/mol. The number of benzene rings is 2. The molecule has 0 radical (unpaired) electrons. The number of nitrogens with one attached hydrogen (secondary N) is 1. The maximum Gasteiger partial charge on any atom is 0.181 e. The Hall–Kier alpha value is -2.69. The summed E-state index contributed by atoms with van der Waals surface area (Å²) in [4.78, 5) is 0. The Kier molecular flexibility index (Phi) is 4.92. The first-order valence-corrected chi connectivity index (χ1v) is 10.2. The van der Waals surface area contributed by atoms with E-state index < -0.39 is 0 Å². The van der Waals surface area contributed by atoms with Crippen molar-refractivity contribution in [2.75, 3.05) is 5.32 Å². The minimum absolute atomic E-state index is 0.266. The molecule has 0 bridgehead atoms. The van der Waals surface area contributed by atoms with E-state index in [0.29, 0.717) is 0 Å². The molecule has 28 heavy (non-hydrogen) atoms. The number of hydrogen-bond acceptors (Lipinski definition) is 4. The molecule has 0 spiro atoms. The standard InChI is InChI=1S/C23H29N5/c1-16-12-14-23(15-13-16,24-20-10-6-5-8-18(20)3)22-25-26-27-28(22)21-11-7-9-17(2)19(21)4/h5-11,16,24H,12-15H2,1-4H3. The van der Waals surface area contributed by atoms with Crippen LogP contribution in [0.15, 0.2) is 42.5 Å². The maximum absolute atomic E-state index is 4.55. The number of rotatable bonds is 4. The van der Waals surface area contributed by atoms with Crippen LogP contribution in [-0.2, 0) is 5.54 Å². The van der Waals surface area contributed by atoms with Gasteiger partial charge in [-0.2, -0.15) is 4.68 Å². The molecule has 1 heterocycles. The highest BCUT2D eigenvalue weighted by atomic mass is 15.6. The Morgan fingerprint density at radius 1 is 0.964 bits per heavy atom. The fourth-order valence-electron chi connectivity index (χ4n) is 4.24. The van der Waals surface area contributed by atoms with Gasteiger partial charge in [0.1, 0.15) is 0 Å². The van der Waals surface area contributed by atoms with E-state index in [0.717, 1.165) is 36.0 Å². The lowest BCUT2D eigenvalue weighted by atomic mass is 9.76. The first-order valence-electron chi connectivity index (χ1n) is 10.2. The topological polar surface area (TPSA) is 55.6 Å². The molecule has 5 heteroatoms. The minimum atomic E-state index is -0.266. The number of anilines is 1. The molecular formula is C23H29N5. The number of para-hydroxylation sites is 1. The first kappa shape index (κ1) is 18.7. The van der Waals surface area contributed by atoms with E-state index in [4.69, 9.17) is 0 Å². The molecule has 0 saturated heterocycles. The largest absolute Gasteiger partial charge is 0.372 e. The average molecular weight is 376 g/mol. The molecule has 4 rings (SSSR count). The van der Waals surface area contributed by atoms with Crippen molar-refractivity contribution in [2.24, 2.45) is 5.92 Å². The fraction of sp³-hybridized carbons (Fsp3) is 0.435. The molecule has 0 amide bonds. The number of hydrogen-bond donors (Lipinski definition) is 1. The van der Waals surface area contributed by atoms with E-state index in [1.807, 2.05) is 4.68 Å². The van der Waals surface area contributed by atoms with E-state index >= 15 is 0 Å². The monoisotopic (exact) mass is 375 g/mol. The van der Waals surface area contributed by atoms with Crippen molar-refractivity contribution in [3.63, 3.8) is 0 Å². The van der Waals surface area contributed by atoms with Crippen LogP contribution in [0.1, 0.15) is 55.1 Å². The lowest BCUT2D eigenvalue weighted by Gasteiger charge is -2.40. The van der Waals surface area contributed by atoms with Gasteiger partial charge in [-0.1, -0.05) is 37.3 Å². The molecule has 3 aromatic rings. The molecule has 146 valence electrons. The Morgan fingerprint density at radius 3 is 2.43 bits per heavy atom. The average Bonchev–Trinajstić information content (AvgIpc) is 3.18. The van der Waals surface area contributed by atoms with Gasteiger partial charge >= 0.3 is 0 Å². The van der Waals surface area contributed by atoms with Crippen molar-refractivity contribution < 1.29 is 0 Å². The van der Waals surface area contributed by atoms with Gasteiger partial charge in [-0.15, -0.1) is 5.10 Å². The van der Waals surface area contributed by atoms with E-state index in [2.05, 4.69) is 91.0 Å². The molecule has 1 N–H and O–H groups in total. The number of aromatic nitrogens is 4. The van der Waals surface area contributed by atoms with E-state index in [1.165, 1.54) is 29.5 Å². The highest BCUT2D eigenvalue weighted by molar-refractivity contribution is 5.53. The summed E-state index contributed by atoms with van der Waals surface area (Å²) < 4.78 is 1.95. The summed E-state index contributed by atoms with van der Waals surface area (Å²) in [5.74, 6) is 1.65. The fourth-order valence-corrected chi connectivity index (χ4v) is 4.24. The number of tetrazole rings is 1. The minimum Gasteiger partial charge on any atom is -0.372 e. The molecule has 1 aliphatic carbocycles. The molecule has 0 atom stereocenters. The Labute approximate surface area is 167 Å². The van der Waals surface area contributed by atoms with Crippen molar-refractivity contribution in [1.29, 1.82) is 0 Å². The molecule has 1 aliphatic rings. The normalized spacial score (nSPS) is 22.2. The van der Waals surface area contributed by atoms with Crippen LogP contribution in [0, 0.1) is 26.7 Å². The van der Waals surface area contributed by atoms with Gasteiger partial charge in [0, 0.05) is 5.69 Å². The quantitative estimate of drug-likeness (QED) is 0.689. The summed E-state index contributed by atoms with van der Waals surface area (Å²) in [6, 6.07) is 14.8. The van der Waals surface area contributed by atoms with Crippen LogP contribution < -0.4 is 5.32 Å². The van der Waals surface area contributed by atoms with Crippen LogP contribution in [0.3, 0.4) is 0 Å². The molecule has 5 nitrogen and oxygen atoms in total. The Bertz CT molecular complexity index is 967. The van der Waals surface area contributed by atoms with Gasteiger partial charge in [0.15, 0.2) is 5.82 Å². The lowest BCUT2D eigenvalue weighted by molar-refractivity contribution is 0.255. The van der Waals surface area contributed by atoms with Crippen LogP contribution in [-0.4, -0.2) is 20.2 Å². The van der Waals surface area contributed by atoms with Gasteiger partial charge in [0.25, 0.3) is 0 Å². The highest BCUT2D eigenvalue weighted by Gasteiger charge is 2.41. The van der Waals surface area contributed by atoms with Crippen LogP contribution in [0.2, 0.25) is 0 Å². The van der Waals surface area contributed by atoms with Crippen LogP contribution >= 0.6 is 0 Å². The zero-order valence-corrected chi connectivity index (χ0v) is 17.2. The van der Waals surface area contributed by atoms with Crippen LogP contribution in [0.25, 0.3) is 5.69 Å². The molecular weight excluding hydrogens is 346 g/mol. The van der Waals surface area contributed by atoms with E-state index in [9.17, 15) is 0 Å². The van der Waals surface area contributed by atoms with Gasteiger partial charge in [0.05, 0.1) is 11.2 Å². The third kappa shape index (κ3) is 3.30. The maximum atomic E-state index is 4.55. The highest BCUT2D eigenvalue weighted by Crippen LogP contribution is 2.42. The predicted octanol–water partition coefficient (Wildman–Crippen LogP) is 5.11. The zero-order chi connectivity index (χ0) is 19.7. The summed E-state index contributed by atoms with van der Waals surface area (Å²) in [5.41, 5.74) is 5.66.